The van der Waals surface area contributed by atoms with Crippen molar-refractivity contribution in [3.8, 4) is 22.6 Å². The van der Waals surface area contributed by atoms with Gasteiger partial charge in [0, 0.05) is 23.7 Å². The van der Waals surface area contributed by atoms with Gasteiger partial charge in [-0.25, -0.2) is 4.39 Å². The highest BCUT2D eigenvalue weighted by atomic mass is 32.1. The van der Waals surface area contributed by atoms with Gasteiger partial charge in [0.1, 0.15) is 17.3 Å². The normalized spacial score (nSPS) is 18.2. The fourth-order valence-electron chi connectivity index (χ4n) is 5.21. The molecule has 0 bridgehead atoms. The number of phenolic OH excluding ortho intramolecular Hbond substituents is 2. The van der Waals surface area contributed by atoms with Crippen LogP contribution in [-0.4, -0.2) is 20.3 Å². The summed E-state index contributed by atoms with van der Waals surface area (Å²) >= 11 is 5.85. The molecular weight excluding hydrogens is 485 g/mol. The van der Waals surface area contributed by atoms with E-state index in [9.17, 15) is 19.7 Å². The third-order valence-corrected chi connectivity index (χ3v) is 7.44. The predicted molar refractivity (Wildman–Crippen MR) is 148 cm³/mol. The van der Waals surface area contributed by atoms with Gasteiger partial charge in [-0.2, -0.15) is 0 Å². The molecule has 1 unspecified atom stereocenters. The van der Waals surface area contributed by atoms with Crippen molar-refractivity contribution in [2.24, 2.45) is 5.92 Å². The fraction of sp³-hybridized carbons (Fsp3) is 0.194. The zero-order valence-corrected chi connectivity index (χ0v) is 21.0. The Bertz CT molecular complexity index is 1380. The first kappa shape index (κ1) is 24.9. The van der Waals surface area contributed by atoms with E-state index in [-0.39, 0.29) is 29.3 Å². The minimum Gasteiger partial charge on any atom is -0.508 e. The molecule has 0 spiro atoms. The van der Waals surface area contributed by atoms with E-state index in [1.807, 2.05) is 30.3 Å². The summed E-state index contributed by atoms with van der Waals surface area (Å²) < 4.78 is 13.3. The van der Waals surface area contributed by atoms with Crippen LogP contribution in [0.3, 0.4) is 0 Å². The quantitative estimate of drug-likeness (QED) is 0.226. The Hall–Kier alpha value is -3.74. The summed E-state index contributed by atoms with van der Waals surface area (Å²) in [5.41, 5.74) is 4.48. The molecule has 188 valence electrons. The van der Waals surface area contributed by atoms with Crippen molar-refractivity contribution in [3.63, 3.8) is 0 Å². The highest BCUT2D eigenvalue weighted by Gasteiger charge is 2.40. The van der Waals surface area contributed by atoms with Crippen LogP contribution >= 0.6 is 12.2 Å². The number of thiocarbonyl (C=S) groups is 1. The monoisotopic (exact) mass is 513 g/mol. The Morgan fingerprint density at radius 1 is 0.865 bits per heavy atom. The summed E-state index contributed by atoms with van der Waals surface area (Å²) in [6.45, 7) is 0. The van der Waals surface area contributed by atoms with Crippen LogP contribution < -0.4 is 4.90 Å². The second kappa shape index (κ2) is 10.7. The number of aromatic hydroxyl groups is 2. The van der Waals surface area contributed by atoms with Crippen LogP contribution in [0.4, 0.5) is 10.1 Å². The summed E-state index contributed by atoms with van der Waals surface area (Å²) in [5, 5.41) is 31.4. The zero-order valence-electron chi connectivity index (χ0n) is 20.2. The predicted octanol–water partition coefficient (Wildman–Crippen LogP) is 7.31. The molecule has 1 fully saturated rings. The molecule has 37 heavy (non-hydrogen) atoms. The maximum atomic E-state index is 13.3. The largest absolute Gasteiger partial charge is 0.508 e. The highest BCUT2D eigenvalue weighted by Crippen LogP contribution is 2.47. The molecular formula is C31H28FNO3S. The number of aliphatic hydroxyl groups is 1. The van der Waals surface area contributed by atoms with E-state index in [2.05, 4.69) is 29.2 Å². The van der Waals surface area contributed by atoms with Crippen molar-refractivity contribution in [1.82, 2.24) is 0 Å². The number of benzene rings is 4. The van der Waals surface area contributed by atoms with E-state index < -0.39 is 6.10 Å². The van der Waals surface area contributed by atoms with Crippen molar-refractivity contribution in [2.75, 3.05) is 4.90 Å². The number of hydrogen-bond donors (Lipinski definition) is 3. The lowest BCUT2D eigenvalue weighted by molar-refractivity contribution is 0.155. The molecule has 0 aliphatic carbocycles. The SMILES string of the molecule is Oc1ccc([C@@H]2[C@H](CCC(O)c3ccc(F)cc3)CC(=S)N2c2ccc(-c3ccccc3)cc2)c(O)c1. The number of halogens is 1. The van der Waals surface area contributed by atoms with E-state index in [1.165, 1.54) is 18.2 Å². The van der Waals surface area contributed by atoms with E-state index >= 15 is 0 Å². The number of rotatable bonds is 7. The summed E-state index contributed by atoms with van der Waals surface area (Å²) in [4.78, 5) is 2.83. The van der Waals surface area contributed by atoms with Crippen LogP contribution in [0.15, 0.2) is 97.1 Å². The number of nitrogens with zero attached hydrogens (tertiary/aromatic N) is 1. The summed E-state index contributed by atoms with van der Waals surface area (Å²) in [7, 11) is 0. The highest BCUT2D eigenvalue weighted by molar-refractivity contribution is 7.80. The third kappa shape index (κ3) is 5.36. The lowest BCUT2D eigenvalue weighted by Gasteiger charge is -2.31. The minimum atomic E-state index is -0.734. The summed E-state index contributed by atoms with van der Waals surface area (Å²) in [6, 6.07) is 28.6. The molecule has 1 aliphatic heterocycles. The molecule has 0 saturated carbocycles. The van der Waals surface area contributed by atoms with E-state index in [0.29, 0.717) is 30.4 Å². The number of anilines is 1. The first-order chi connectivity index (χ1) is 17.9. The van der Waals surface area contributed by atoms with Gasteiger partial charge >= 0.3 is 0 Å². The molecule has 6 heteroatoms. The zero-order chi connectivity index (χ0) is 25.9. The van der Waals surface area contributed by atoms with Crippen LogP contribution in [0.25, 0.3) is 11.1 Å². The third-order valence-electron chi connectivity index (χ3n) is 7.08. The van der Waals surface area contributed by atoms with Gasteiger partial charge in [-0.3, -0.25) is 0 Å². The molecule has 1 saturated heterocycles. The van der Waals surface area contributed by atoms with Gasteiger partial charge in [-0.1, -0.05) is 66.8 Å². The van der Waals surface area contributed by atoms with Gasteiger partial charge in [0.2, 0.25) is 0 Å². The number of aliphatic hydroxyl groups excluding tert-OH is 1. The fourth-order valence-corrected chi connectivity index (χ4v) is 5.64. The van der Waals surface area contributed by atoms with Gasteiger partial charge in [0.05, 0.1) is 17.1 Å². The number of phenols is 2. The smallest absolute Gasteiger partial charge is 0.124 e. The van der Waals surface area contributed by atoms with Crippen LogP contribution in [0.1, 0.15) is 42.5 Å². The summed E-state index contributed by atoms with van der Waals surface area (Å²) in [6.07, 6.45) is 0.997. The maximum Gasteiger partial charge on any atom is 0.124 e. The van der Waals surface area contributed by atoms with Gasteiger partial charge in [0.25, 0.3) is 0 Å². The van der Waals surface area contributed by atoms with Crippen molar-refractivity contribution in [1.29, 1.82) is 0 Å². The molecule has 4 aromatic carbocycles. The minimum absolute atomic E-state index is 0.00434. The first-order valence-corrected chi connectivity index (χ1v) is 12.7. The molecule has 0 radical (unpaired) electrons. The Kier molecular flexibility index (Phi) is 7.22. The van der Waals surface area contributed by atoms with Crippen LogP contribution in [-0.2, 0) is 0 Å². The van der Waals surface area contributed by atoms with Crippen LogP contribution in [0, 0.1) is 11.7 Å². The lowest BCUT2D eigenvalue weighted by Crippen LogP contribution is -2.28. The van der Waals surface area contributed by atoms with Crippen molar-refractivity contribution >= 4 is 22.9 Å². The molecule has 1 heterocycles. The lowest BCUT2D eigenvalue weighted by atomic mass is 9.87. The molecule has 5 rings (SSSR count). The average molecular weight is 514 g/mol. The van der Waals surface area contributed by atoms with Crippen LogP contribution in [0.5, 0.6) is 11.5 Å². The van der Waals surface area contributed by atoms with E-state index in [1.54, 1.807) is 24.3 Å². The maximum absolute atomic E-state index is 13.3. The molecule has 4 nitrogen and oxygen atoms in total. The van der Waals surface area contributed by atoms with E-state index in [0.717, 1.165) is 21.8 Å². The van der Waals surface area contributed by atoms with Gasteiger partial charge in [0.15, 0.2) is 0 Å². The Morgan fingerprint density at radius 3 is 2.22 bits per heavy atom. The molecule has 4 aromatic rings. The van der Waals surface area contributed by atoms with Crippen molar-refractivity contribution in [2.45, 2.75) is 31.4 Å². The molecule has 3 N–H and O–H groups in total. The molecule has 0 amide bonds. The summed E-state index contributed by atoms with van der Waals surface area (Å²) in [5.74, 6) is -0.325. The van der Waals surface area contributed by atoms with Crippen molar-refractivity contribution in [3.05, 3.63) is 114 Å². The topological polar surface area (TPSA) is 63.9 Å². The van der Waals surface area contributed by atoms with Crippen molar-refractivity contribution < 1.29 is 19.7 Å². The van der Waals surface area contributed by atoms with E-state index in [4.69, 9.17) is 12.2 Å². The van der Waals surface area contributed by atoms with Gasteiger partial charge < -0.3 is 20.2 Å². The Balaban J connectivity index is 1.44. The Labute approximate surface area is 221 Å². The number of hydrogen-bond acceptors (Lipinski definition) is 4. The first-order valence-electron chi connectivity index (χ1n) is 12.3. The second-order valence-electron chi connectivity index (χ2n) is 9.47. The van der Waals surface area contributed by atoms with Gasteiger partial charge in [-0.15, -0.1) is 0 Å². The molecule has 3 atom stereocenters. The Morgan fingerprint density at radius 2 is 1.54 bits per heavy atom. The standard InChI is InChI=1S/C31H28FNO3S/c32-24-11-6-22(7-12-24)28(35)17-10-23-18-30(37)33(31(23)27-16-15-26(34)19-29(27)36)25-13-8-21(9-14-25)20-4-2-1-3-5-20/h1-9,11-16,19,23,28,31,34-36H,10,17-18H2/t23-,28?,31+/m1/s1. The van der Waals surface area contributed by atoms with Gasteiger partial charge in [-0.05, 0) is 71.8 Å². The second-order valence-corrected chi connectivity index (χ2v) is 9.94. The molecule has 1 aliphatic rings. The molecule has 0 aromatic heterocycles. The van der Waals surface area contributed by atoms with Crippen LogP contribution in [0.2, 0.25) is 0 Å². The average Bonchev–Trinajstić information content (AvgIpc) is 3.23.